The number of alkyl halides is 1. The third-order valence-corrected chi connectivity index (χ3v) is 3.84. The average molecular weight is 350 g/mol. The maximum Gasteiger partial charge on any atom is 0.146 e. The minimum Gasteiger partial charge on any atom is -0.207 e. The number of halogens is 5. The smallest absolute Gasteiger partial charge is 0.146 e. The van der Waals surface area contributed by atoms with Crippen LogP contribution in [0.4, 0.5) is 13.2 Å². The van der Waals surface area contributed by atoms with E-state index in [1.54, 1.807) is 12.1 Å². The first-order chi connectivity index (χ1) is 8.99. The molecule has 0 aliphatic carbocycles. The van der Waals surface area contributed by atoms with Crippen LogP contribution in [0, 0.1) is 17.5 Å². The van der Waals surface area contributed by atoms with Gasteiger partial charge in [0.25, 0.3) is 0 Å². The van der Waals surface area contributed by atoms with Crippen molar-refractivity contribution in [3.8, 4) is 0 Å². The summed E-state index contributed by atoms with van der Waals surface area (Å²) in [5.74, 6) is -1.82. The maximum absolute atomic E-state index is 13.8. The van der Waals surface area contributed by atoms with Gasteiger partial charge in [0.2, 0.25) is 0 Å². The van der Waals surface area contributed by atoms with E-state index < -0.39 is 22.3 Å². The van der Waals surface area contributed by atoms with Crippen LogP contribution in [0.3, 0.4) is 0 Å². The summed E-state index contributed by atoms with van der Waals surface area (Å²) < 4.78 is 40.1. The van der Waals surface area contributed by atoms with Gasteiger partial charge in [-0.05, 0) is 24.1 Å². The Morgan fingerprint density at radius 2 is 1.84 bits per heavy atom. The van der Waals surface area contributed by atoms with Gasteiger partial charge >= 0.3 is 0 Å². The van der Waals surface area contributed by atoms with Crippen LogP contribution in [0.25, 0.3) is 0 Å². The SMILES string of the molecule is Fc1ccc(CC(Br)c2cccc(Cl)c2F)c(F)c1. The highest BCUT2D eigenvalue weighted by Gasteiger charge is 2.17. The first kappa shape index (κ1) is 14.4. The monoisotopic (exact) mass is 348 g/mol. The molecule has 2 aromatic carbocycles. The van der Waals surface area contributed by atoms with E-state index in [9.17, 15) is 13.2 Å². The van der Waals surface area contributed by atoms with Crippen molar-refractivity contribution in [2.24, 2.45) is 0 Å². The molecule has 0 saturated carbocycles. The van der Waals surface area contributed by atoms with Gasteiger partial charge in [0.15, 0.2) is 0 Å². The molecular weight excluding hydrogens is 341 g/mol. The van der Waals surface area contributed by atoms with Gasteiger partial charge < -0.3 is 0 Å². The van der Waals surface area contributed by atoms with Crippen LogP contribution in [0.15, 0.2) is 36.4 Å². The van der Waals surface area contributed by atoms with Crippen molar-refractivity contribution >= 4 is 27.5 Å². The van der Waals surface area contributed by atoms with E-state index in [0.717, 1.165) is 6.07 Å². The van der Waals surface area contributed by atoms with Crippen molar-refractivity contribution < 1.29 is 13.2 Å². The van der Waals surface area contributed by atoms with Crippen LogP contribution in [-0.2, 0) is 6.42 Å². The molecule has 0 radical (unpaired) electrons. The minimum atomic E-state index is -0.646. The molecule has 100 valence electrons. The normalized spacial score (nSPS) is 12.5. The highest BCUT2D eigenvalue weighted by Crippen LogP contribution is 2.32. The van der Waals surface area contributed by atoms with Crippen molar-refractivity contribution in [3.05, 3.63) is 70.0 Å². The lowest BCUT2D eigenvalue weighted by atomic mass is 10.0. The molecule has 19 heavy (non-hydrogen) atoms. The van der Waals surface area contributed by atoms with Gasteiger partial charge in [-0.3, -0.25) is 0 Å². The Labute approximate surface area is 122 Å². The first-order valence-electron chi connectivity index (χ1n) is 5.51. The summed E-state index contributed by atoms with van der Waals surface area (Å²) in [6, 6.07) is 7.97. The molecule has 0 bridgehead atoms. The van der Waals surface area contributed by atoms with E-state index in [0.29, 0.717) is 11.1 Å². The molecule has 0 aromatic heterocycles. The second-order valence-electron chi connectivity index (χ2n) is 4.05. The third-order valence-electron chi connectivity index (χ3n) is 2.73. The van der Waals surface area contributed by atoms with Crippen LogP contribution < -0.4 is 0 Å². The van der Waals surface area contributed by atoms with Crippen molar-refractivity contribution in [1.82, 2.24) is 0 Å². The summed E-state index contributed by atoms with van der Waals surface area (Å²) in [7, 11) is 0. The molecule has 0 nitrogen and oxygen atoms in total. The van der Waals surface area contributed by atoms with Gasteiger partial charge in [0.05, 0.1) is 5.02 Å². The van der Waals surface area contributed by atoms with Gasteiger partial charge in [0.1, 0.15) is 17.5 Å². The zero-order chi connectivity index (χ0) is 14.0. The Kier molecular flexibility index (Phi) is 4.53. The van der Waals surface area contributed by atoms with Crippen LogP contribution in [0.2, 0.25) is 5.02 Å². The molecule has 0 spiro atoms. The standard InChI is InChI=1S/C14H9BrClF3/c15-11(10-2-1-3-12(16)14(10)19)6-8-4-5-9(17)7-13(8)18/h1-5,7,11H,6H2. The van der Waals surface area contributed by atoms with E-state index >= 15 is 0 Å². The number of hydrogen-bond donors (Lipinski definition) is 0. The number of hydrogen-bond acceptors (Lipinski definition) is 0. The fraction of sp³-hybridized carbons (Fsp3) is 0.143. The van der Waals surface area contributed by atoms with Crippen molar-refractivity contribution in [2.75, 3.05) is 0 Å². The number of rotatable bonds is 3. The Hall–Kier alpha value is -1.00. The second-order valence-corrected chi connectivity index (χ2v) is 5.56. The molecule has 0 aliphatic rings. The summed E-state index contributed by atoms with van der Waals surface area (Å²) >= 11 is 8.99. The molecule has 1 atom stereocenters. The zero-order valence-corrected chi connectivity index (χ0v) is 12.0. The lowest BCUT2D eigenvalue weighted by Crippen LogP contribution is -2.01. The van der Waals surface area contributed by atoms with Gasteiger partial charge in [-0.25, -0.2) is 13.2 Å². The molecular formula is C14H9BrClF3. The summed E-state index contributed by atoms with van der Waals surface area (Å²) in [6.07, 6.45) is 0.198. The molecule has 0 fully saturated rings. The fourth-order valence-electron chi connectivity index (χ4n) is 1.75. The van der Waals surface area contributed by atoms with Gasteiger partial charge in [-0.2, -0.15) is 0 Å². The summed E-state index contributed by atoms with van der Waals surface area (Å²) in [5.41, 5.74) is 0.652. The molecule has 0 saturated heterocycles. The zero-order valence-electron chi connectivity index (χ0n) is 9.64. The first-order valence-corrected chi connectivity index (χ1v) is 6.80. The predicted octanol–water partition coefficient (Wildman–Crippen LogP) is 5.44. The molecule has 0 heterocycles. The topological polar surface area (TPSA) is 0 Å². The Bertz CT molecular complexity index is 601. The molecule has 5 heteroatoms. The van der Waals surface area contributed by atoms with Crippen molar-refractivity contribution in [2.45, 2.75) is 11.2 Å². The maximum atomic E-state index is 13.8. The van der Waals surface area contributed by atoms with E-state index in [1.165, 1.54) is 18.2 Å². The van der Waals surface area contributed by atoms with Gasteiger partial charge in [-0.15, -0.1) is 0 Å². The minimum absolute atomic E-state index is 0.0153. The Morgan fingerprint density at radius 3 is 2.53 bits per heavy atom. The molecule has 0 aliphatic heterocycles. The van der Waals surface area contributed by atoms with E-state index in [-0.39, 0.29) is 11.4 Å². The number of benzene rings is 2. The van der Waals surface area contributed by atoms with E-state index in [2.05, 4.69) is 15.9 Å². The molecule has 2 rings (SSSR count). The van der Waals surface area contributed by atoms with Crippen LogP contribution in [-0.4, -0.2) is 0 Å². The molecule has 0 N–H and O–H groups in total. The predicted molar refractivity (Wildman–Crippen MR) is 73.1 cm³/mol. The second kappa shape index (κ2) is 5.97. The lowest BCUT2D eigenvalue weighted by Gasteiger charge is -2.12. The van der Waals surface area contributed by atoms with Crippen LogP contribution in [0.5, 0.6) is 0 Å². The molecule has 1 unspecified atom stereocenters. The summed E-state index contributed by atoms with van der Waals surface area (Å²) in [4.78, 5) is -0.439. The molecule has 2 aromatic rings. The summed E-state index contributed by atoms with van der Waals surface area (Å²) in [5, 5.41) is 0.0153. The van der Waals surface area contributed by atoms with Gasteiger partial charge in [0, 0.05) is 16.5 Å². The quantitative estimate of drug-likeness (QED) is 0.648. The van der Waals surface area contributed by atoms with E-state index in [1.807, 2.05) is 0 Å². The fourth-order valence-corrected chi connectivity index (χ4v) is 2.64. The van der Waals surface area contributed by atoms with Crippen LogP contribution >= 0.6 is 27.5 Å². The van der Waals surface area contributed by atoms with Crippen molar-refractivity contribution in [1.29, 1.82) is 0 Å². The van der Waals surface area contributed by atoms with Crippen molar-refractivity contribution in [3.63, 3.8) is 0 Å². The Morgan fingerprint density at radius 1 is 1.11 bits per heavy atom. The van der Waals surface area contributed by atoms with Gasteiger partial charge in [-0.1, -0.05) is 45.7 Å². The highest BCUT2D eigenvalue weighted by atomic mass is 79.9. The van der Waals surface area contributed by atoms with Crippen LogP contribution in [0.1, 0.15) is 16.0 Å². The lowest BCUT2D eigenvalue weighted by molar-refractivity contribution is 0.568. The third kappa shape index (κ3) is 3.31. The molecule has 0 amide bonds. The largest absolute Gasteiger partial charge is 0.207 e. The van der Waals surface area contributed by atoms with E-state index in [4.69, 9.17) is 11.6 Å². The highest BCUT2D eigenvalue weighted by molar-refractivity contribution is 9.09. The Balaban J connectivity index is 2.25. The average Bonchev–Trinajstić information content (AvgIpc) is 2.36. The summed E-state index contributed by atoms with van der Waals surface area (Å²) in [6.45, 7) is 0.